The summed E-state index contributed by atoms with van der Waals surface area (Å²) in [7, 11) is 1.67. The molecule has 0 saturated heterocycles. The molecule has 0 aliphatic rings. The van der Waals surface area contributed by atoms with E-state index in [1.165, 1.54) is 5.56 Å². The lowest BCUT2D eigenvalue weighted by molar-refractivity contribution is 0.179. The molecule has 3 N–H and O–H groups in total. The second-order valence-corrected chi connectivity index (χ2v) is 5.62. The fraction of sp³-hybridized carbons (Fsp3) is 0.412. The predicted octanol–water partition coefficient (Wildman–Crippen LogP) is 1.68. The average molecular weight is 315 g/mol. The van der Waals surface area contributed by atoms with Crippen LogP contribution in [-0.4, -0.2) is 35.3 Å². The van der Waals surface area contributed by atoms with Crippen LogP contribution in [0.3, 0.4) is 0 Å². The molecular formula is C17H25N5O. The highest BCUT2D eigenvalue weighted by Gasteiger charge is 2.03. The molecule has 1 aromatic carbocycles. The third kappa shape index (κ3) is 5.41. The van der Waals surface area contributed by atoms with Crippen molar-refractivity contribution in [2.24, 2.45) is 10.7 Å². The Kier molecular flexibility index (Phi) is 6.17. The van der Waals surface area contributed by atoms with Gasteiger partial charge in [0, 0.05) is 32.1 Å². The molecule has 1 atom stereocenters. The van der Waals surface area contributed by atoms with Crippen molar-refractivity contribution in [2.75, 3.05) is 13.7 Å². The number of hydrogen-bond acceptors (Lipinski definition) is 3. The van der Waals surface area contributed by atoms with E-state index < -0.39 is 0 Å². The van der Waals surface area contributed by atoms with Crippen LogP contribution in [0.1, 0.15) is 23.9 Å². The van der Waals surface area contributed by atoms with Crippen molar-refractivity contribution >= 4 is 5.96 Å². The molecule has 0 saturated carbocycles. The number of rotatable bonds is 7. The van der Waals surface area contributed by atoms with Crippen molar-refractivity contribution in [3.8, 4) is 0 Å². The summed E-state index contributed by atoms with van der Waals surface area (Å²) in [5.41, 5.74) is 8.24. The molecule has 1 unspecified atom stereocenters. The lowest BCUT2D eigenvalue weighted by Crippen LogP contribution is -2.40. The van der Waals surface area contributed by atoms with E-state index in [0.29, 0.717) is 19.1 Å². The maximum Gasteiger partial charge on any atom is 0.189 e. The first-order valence-corrected chi connectivity index (χ1v) is 7.69. The number of aryl methyl sites for hydroxylation is 1. The first-order valence-electron chi connectivity index (χ1n) is 7.69. The third-order valence-electron chi connectivity index (χ3n) is 3.51. The molecule has 6 nitrogen and oxygen atoms in total. The molecule has 1 heterocycles. The molecule has 0 spiro atoms. The van der Waals surface area contributed by atoms with Gasteiger partial charge in [0.25, 0.3) is 0 Å². The summed E-state index contributed by atoms with van der Waals surface area (Å²) < 4.78 is 7.18. The Morgan fingerprint density at radius 3 is 2.91 bits per heavy atom. The summed E-state index contributed by atoms with van der Waals surface area (Å²) in [6.45, 7) is 5.95. The molecule has 0 radical (unpaired) electrons. The van der Waals surface area contributed by atoms with Gasteiger partial charge < -0.3 is 20.4 Å². The number of nitrogens with one attached hydrogen (secondary N) is 1. The van der Waals surface area contributed by atoms with Gasteiger partial charge in [-0.2, -0.15) is 0 Å². The molecule has 0 fully saturated rings. The predicted molar refractivity (Wildman–Crippen MR) is 92.3 cm³/mol. The van der Waals surface area contributed by atoms with Gasteiger partial charge in [0.05, 0.1) is 13.2 Å². The minimum atomic E-state index is 0.138. The van der Waals surface area contributed by atoms with E-state index in [4.69, 9.17) is 10.5 Å². The number of ether oxygens (including phenoxy) is 1. The normalized spacial score (nSPS) is 13.1. The van der Waals surface area contributed by atoms with E-state index in [1.54, 1.807) is 7.11 Å². The Morgan fingerprint density at radius 2 is 2.22 bits per heavy atom. The number of methoxy groups -OCH3 is 1. The second kappa shape index (κ2) is 8.33. The fourth-order valence-electron chi connectivity index (χ4n) is 2.36. The van der Waals surface area contributed by atoms with Gasteiger partial charge in [0.1, 0.15) is 5.82 Å². The van der Waals surface area contributed by atoms with Crippen LogP contribution in [0.25, 0.3) is 0 Å². The van der Waals surface area contributed by atoms with Crippen LogP contribution in [0, 0.1) is 6.92 Å². The van der Waals surface area contributed by atoms with E-state index in [-0.39, 0.29) is 6.04 Å². The maximum absolute atomic E-state index is 5.89. The van der Waals surface area contributed by atoms with Crippen molar-refractivity contribution in [3.63, 3.8) is 0 Å². The van der Waals surface area contributed by atoms with Crippen LogP contribution in [0.2, 0.25) is 0 Å². The number of guanidine groups is 1. The van der Waals surface area contributed by atoms with Crippen LogP contribution in [-0.2, 0) is 17.8 Å². The quantitative estimate of drug-likeness (QED) is 0.602. The van der Waals surface area contributed by atoms with Crippen LogP contribution in [0.4, 0.5) is 0 Å². The van der Waals surface area contributed by atoms with Gasteiger partial charge in [0.2, 0.25) is 0 Å². The highest BCUT2D eigenvalue weighted by molar-refractivity contribution is 5.78. The lowest BCUT2D eigenvalue weighted by Gasteiger charge is -2.13. The Bertz CT molecular complexity index is 650. The summed E-state index contributed by atoms with van der Waals surface area (Å²) in [4.78, 5) is 8.62. The maximum atomic E-state index is 5.89. The molecule has 124 valence electrons. The highest BCUT2D eigenvalue weighted by atomic mass is 16.5. The first kappa shape index (κ1) is 17.0. The molecule has 0 aliphatic heterocycles. The van der Waals surface area contributed by atoms with E-state index in [0.717, 1.165) is 17.9 Å². The fourth-order valence-corrected chi connectivity index (χ4v) is 2.36. The van der Waals surface area contributed by atoms with Crippen molar-refractivity contribution in [3.05, 3.63) is 53.6 Å². The van der Waals surface area contributed by atoms with Gasteiger partial charge in [-0.15, -0.1) is 0 Å². The van der Waals surface area contributed by atoms with E-state index in [9.17, 15) is 0 Å². The Morgan fingerprint density at radius 1 is 1.43 bits per heavy atom. The topological polar surface area (TPSA) is 77.5 Å². The van der Waals surface area contributed by atoms with Gasteiger partial charge in [-0.3, -0.25) is 0 Å². The highest BCUT2D eigenvalue weighted by Crippen LogP contribution is 2.09. The van der Waals surface area contributed by atoms with Gasteiger partial charge in [-0.25, -0.2) is 9.98 Å². The van der Waals surface area contributed by atoms with Crippen LogP contribution in [0.15, 0.2) is 41.7 Å². The van der Waals surface area contributed by atoms with E-state index in [2.05, 4.69) is 38.1 Å². The molecule has 1 aromatic heterocycles. The van der Waals surface area contributed by atoms with Crippen LogP contribution >= 0.6 is 0 Å². The monoisotopic (exact) mass is 315 g/mol. The lowest BCUT2D eigenvalue weighted by atomic mass is 10.1. The van der Waals surface area contributed by atoms with Crippen molar-refractivity contribution in [1.82, 2.24) is 14.9 Å². The zero-order valence-corrected chi connectivity index (χ0v) is 14.0. The molecule has 0 aliphatic carbocycles. The average Bonchev–Trinajstić information content (AvgIpc) is 2.91. The van der Waals surface area contributed by atoms with Crippen LogP contribution < -0.4 is 11.1 Å². The summed E-state index contributed by atoms with van der Waals surface area (Å²) >= 11 is 0. The molecular weight excluding hydrogens is 290 g/mol. The second-order valence-electron chi connectivity index (χ2n) is 5.62. The van der Waals surface area contributed by atoms with Gasteiger partial charge in [0.15, 0.2) is 5.96 Å². The minimum Gasteiger partial charge on any atom is -0.383 e. The summed E-state index contributed by atoms with van der Waals surface area (Å²) in [6, 6.07) is 8.49. The van der Waals surface area contributed by atoms with Crippen molar-refractivity contribution in [1.29, 1.82) is 0 Å². The zero-order chi connectivity index (χ0) is 16.7. The molecule has 0 amide bonds. The Balaban J connectivity index is 1.96. The summed E-state index contributed by atoms with van der Waals surface area (Å²) in [6.07, 6.45) is 3.80. The third-order valence-corrected chi connectivity index (χ3v) is 3.51. The van der Waals surface area contributed by atoms with Crippen molar-refractivity contribution < 1.29 is 4.74 Å². The largest absolute Gasteiger partial charge is 0.383 e. The Hall–Kier alpha value is -2.34. The van der Waals surface area contributed by atoms with Gasteiger partial charge in [-0.05, 0) is 25.0 Å². The van der Waals surface area contributed by atoms with Gasteiger partial charge >= 0.3 is 0 Å². The van der Waals surface area contributed by atoms with Crippen molar-refractivity contribution in [2.45, 2.75) is 33.0 Å². The molecule has 2 aromatic rings. The first-order chi connectivity index (χ1) is 11.1. The number of benzene rings is 1. The number of nitrogens with zero attached hydrogens (tertiary/aromatic N) is 3. The van der Waals surface area contributed by atoms with Gasteiger partial charge in [-0.1, -0.05) is 24.3 Å². The minimum absolute atomic E-state index is 0.138. The molecule has 23 heavy (non-hydrogen) atoms. The SMILES string of the molecule is COCC(C)NC(N)=NCc1cccc(Cn2ccnc2C)c1. The summed E-state index contributed by atoms with van der Waals surface area (Å²) in [5.74, 6) is 1.44. The number of imidazole rings is 1. The van der Waals surface area contributed by atoms with Crippen LogP contribution in [0.5, 0.6) is 0 Å². The number of hydrogen-bond donors (Lipinski definition) is 2. The standard InChI is InChI=1S/C17H25N5O/c1-13(12-23-3)21-17(18)20-10-15-5-4-6-16(9-15)11-22-8-7-19-14(22)2/h4-9,13H,10-12H2,1-3H3,(H3,18,20,21). The van der Waals surface area contributed by atoms with E-state index in [1.807, 2.05) is 32.3 Å². The smallest absolute Gasteiger partial charge is 0.189 e. The molecule has 2 rings (SSSR count). The zero-order valence-electron chi connectivity index (χ0n) is 14.0. The molecule has 6 heteroatoms. The summed E-state index contributed by atoms with van der Waals surface area (Å²) in [5, 5.41) is 3.10. The number of nitrogens with two attached hydrogens (primary N) is 1. The molecule has 0 bridgehead atoms. The number of aliphatic imine (C=N–C) groups is 1. The Labute approximate surface area is 137 Å². The number of aromatic nitrogens is 2. The van der Waals surface area contributed by atoms with E-state index >= 15 is 0 Å².